The van der Waals surface area contributed by atoms with Gasteiger partial charge in [0.1, 0.15) is 5.60 Å². The summed E-state index contributed by atoms with van der Waals surface area (Å²) in [7, 11) is 0. The second kappa shape index (κ2) is 8.04. The first-order valence-corrected chi connectivity index (χ1v) is 8.22. The third-order valence-electron chi connectivity index (χ3n) is 3.45. The zero-order chi connectivity index (χ0) is 17.6. The van der Waals surface area contributed by atoms with Crippen LogP contribution in [0.5, 0.6) is 0 Å². The van der Waals surface area contributed by atoms with Crippen LogP contribution in [0.15, 0.2) is 23.1 Å². The zero-order valence-electron chi connectivity index (χ0n) is 14.8. The first-order valence-electron chi connectivity index (χ1n) is 8.22. The van der Waals surface area contributed by atoms with Crippen molar-refractivity contribution in [2.75, 3.05) is 18.8 Å². The molecule has 0 aliphatic carbocycles. The Kier molecular flexibility index (Phi) is 6.66. The Labute approximate surface area is 138 Å². The predicted molar refractivity (Wildman–Crippen MR) is 92.5 cm³/mol. The van der Waals surface area contributed by atoms with E-state index in [1.807, 2.05) is 34.6 Å². The van der Waals surface area contributed by atoms with Crippen LogP contribution in [-0.2, 0) is 4.74 Å². The molecule has 6 heteroatoms. The predicted octanol–water partition coefficient (Wildman–Crippen LogP) is 3.03. The van der Waals surface area contributed by atoms with Crippen LogP contribution < -0.4 is 11.3 Å². The largest absolute Gasteiger partial charge is 0.444 e. The summed E-state index contributed by atoms with van der Waals surface area (Å²) in [6.45, 7) is 10.7. The van der Waals surface area contributed by atoms with Gasteiger partial charge in [-0.3, -0.25) is 4.79 Å². The Morgan fingerprint density at radius 2 is 2.00 bits per heavy atom. The third-order valence-corrected chi connectivity index (χ3v) is 3.45. The van der Waals surface area contributed by atoms with E-state index in [0.29, 0.717) is 13.1 Å². The first-order chi connectivity index (χ1) is 10.8. The Morgan fingerprint density at radius 1 is 1.35 bits per heavy atom. The van der Waals surface area contributed by atoms with Crippen molar-refractivity contribution in [2.45, 2.75) is 59.1 Å². The van der Waals surface area contributed by atoms with E-state index in [4.69, 9.17) is 10.5 Å². The molecule has 0 spiro atoms. The molecule has 1 aliphatic rings. The number of carbonyl (C=O) groups excluding carboxylic acids is 1. The van der Waals surface area contributed by atoms with Gasteiger partial charge in [-0.1, -0.05) is 13.8 Å². The lowest BCUT2D eigenvalue weighted by molar-refractivity contribution is 0.0171. The minimum Gasteiger partial charge on any atom is -0.444 e. The summed E-state index contributed by atoms with van der Waals surface area (Å²) in [5.41, 5.74) is 5.18. The zero-order valence-corrected chi connectivity index (χ0v) is 14.8. The van der Waals surface area contributed by atoms with Crippen molar-refractivity contribution in [3.05, 3.63) is 28.7 Å². The van der Waals surface area contributed by atoms with Gasteiger partial charge in [-0.05, 0) is 45.7 Å². The molecule has 2 rings (SSSR count). The van der Waals surface area contributed by atoms with Crippen molar-refractivity contribution in [3.8, 4) is 0 Å². The number of rotatable bonds is 1. The maximum Gasteiger partial charge on any atom is 0.410 e. The van der Waals surface area contributed by atoms with Crippen molar-refractivity contribution < 1.29 is 9.53 Å². The number of ether oxygens (including phenoxy) is 1. The number of aromatic nitrogens is 1. The standard InChI is InChI=1S/C15H23N3O3.C2H6/c1-15(2,3)21-14(20)17-8-4-6-11(10-17)18-9-5-7-12(16)13(18)19;1-2/h5,7,9,11H,4,6,8,10,16H2,1-3H3;1-2H3. The molecule has 2 N–H and O–H groups in total. The van der Waals surface area contributed by atoms with E-state index in [2.05, 4.69) is 0 Å². The molecule has 130 valence electrons. The number of hydrogen-bond donors (Lipinski definition) is 1. The molecule has 0 aromatic carbocycles. The SMILES string of the molecule is CC.CC(C)(C)OC(=O)N1CCCC(n2cccc(N)c2=O)C1. The minimum atomic E-state index is -0.516. The second-order valence-corrected chi connectivity index (χ2v) is 6.40. The fourth-order valence-electron chi connectivity index (χ4n) is 2.49. The molecule has 1 unspecified atom stereocenters. The lowest BCUT2D eigenvalue weighted by atomic mass is 10.1. The fourth-order valence-corrected chi connectivity index (χ4v) is 2.49. The van der Waals surface area contributed by atoms with E-state index >= 15 is 0 Å². The van der Waals surface area contributed by atoms with Gasteiger partial charge < -0.3 is 19.9 Å². The van der Waals surface area contributed by atoms with Gasteiger partial charge in [0.25, 0.3) is 5.56 Å². The molecule has 0 saturated carbocycles. The van der Waals surface area contributed by atoms with Crippen LogP contribution in [0.2, 0.25) is 0 Å². The normalized spacial score (nSPS) is 18.0. The number of carbonyl (C=O) groups is 1. The molecule has 2 heterocycles. The number of likely N-dealkylation sites (tertiary alicyclic amines) is 1. The number of amides is 1. The van der Waals surface area contributed by atoms with Gasteiger partial charge >= 0.3 is 6.09 Å². The maximum absolute atomic E-state index is 12.1. The fraction of sp³-hybridized carbons (Fsp3) is 0.647. The van der Waals surface area contributed by atoms with Gasteiger partial charge in [0.2, 0.25) is 0 Å². The second-order valence-electron chi connectivity index (χ2n) is 6.40. The van der Waals surface area contributed by atoms with Crippen LogP contribution in [0.4, 0.5) is 10.5 Å². The molecule has 1 atom stereocenters. The van der Waals surface area contributed by atoms with Gasteiger partial charge in [0.15, 0.2) is 0 Å². The summed E-state index contributed by atoms with van der Waals surface area (Å²) < 4.78 is 7.01. The van der Waals surface area contributed by atoms with Crippen molar-refractivity contribution in [3.63, 3.8) is 0 Å². The average Bonchev–Trinajstić information content (AvgIpc) is 2.50. The molecule has 1 saturated heterocycles. The van der Waals surface area contributed by atoms with E-state index in [-0.39, 0.29) is 23.4 Å². The highest BCUT2D eigenvalue weighted by atomic mass is 16.6. The summed E-state index contributed by atoms with van der Waals surface area (Å²) in [5, 5.41) is 0. The van der Waals surface area contributed by atoms with Crippen LogP contribution in [0.3, 0.4) is 0 Å². The molecule has 6 nitrogen and oxygen atoms in total. The molecule has 0 radical (unpaired) electrons. The van der Waals surface area contributed by atoms with Crippen molar-refractivity contribution in [2.24, 2.45) is 0 Å². The maximum atomic E-state index is 12.1. The molecule has 1 aromatic rings. The van der Waals surface area contributed by atoms with Crippen molar-refractivity contribution in [1.29, 1.82) is 0 Å². The number of pyridine rings is 1. The number of nitrogens with zero attached hydrogens (tertiary/aromatic N) is 2. The van der Waals surface area contributed by atoms with E-state index in [1.165, 1.54) is 0 Å². The lowest BCUT2D eigenvalue weighted by Crippen LogP contribution is -2.45. The van der Waals surface area contributed by atoms with Gasteiger partial charge in [-0.2, -0.15) is 0 Å². The average molecular weight is 323 g/mol. The highest BCUT2D eigenvalue weighted by molar-refractivity contribution is 5.68. The number of anilines is 1. The summed E-state index contributed by atoms with van der Waals surface area (Å²) in [6, 6.07) is 3.29. The topological polar surface area (TPSA) is 77.6 Å². The summed E-state index contributed by atoms with van der Waals surface area (Å²) in [4.78, 5) is 25.9. The molecule has 1 aliphatic heterocycles. The monoisotopic (exact) mass is 323 g/mol. The quantitative estimate of drug-likeness (QED) is 0.861. The Hall–Kier alpha value is -1.98. The molecular formula is C17H29N3O3. The van der Waals surface area contributed by atoms with E-state index in [1.54, 1.807) is 27.8 Å². The van der Waals surface area contributed by atoms with Gasteiger partial charge in [-0.25, -0.2) is 4.79 Å². The molecule has 23 heavy (non-hydrogen) atoms. The van der Waals surface area contributed by atoms with E-state index in [0.717, 1.165) is 12.8 Å². The third kappa shape index (κ3) is 5.30. The van der Waals surface area contributed by atoms with Gasteiger partial charge in [-0.15, -0.1) is 0 Å². The number of nitrogens with two attached hydrogens (primary N) is 1. The Bertz CT molecular complexity index is 575. The lowest BCUT2D eigenvalue weighted by Gasteiger charge is -2.34. The highest BCUT2D eigenvalue weighted by Gasteiger charge is 2.28. The van der Waals surface area contributed by atoms with Crippen LogP contribution in [0.25, 0.3) is 0 Å². The van der Waals surface area contributed by atoms with Crippen LogP contribution in [0, 0.1) is 0 Å². The van der Waals surface area contributed by atoms with Crippen LogP contribution in [-0.4, -0.2) is 34.3 Å². The van der Waals surface area contributed by atoms with Crippen LogP contribution >= 0.6 is 0 Å². The summed E-state index contributed by atoms with van der Waals surface area (Å²) in [5.74, 6) is 0. The van der Waals surface area contributed by atoms with Gasteiger partial charge in [0, 0.05) is 19.3 Å². The van der Waals surface area contributed by atoms with Crippen molar-refractivity contribution in [1.82, 2.24) is 9.47 Å². The van der Waals surface area contributed by atoms with Crippen LogP contribution in [0.1, 0.15) is 53.5 Å². The molecule has 1 fully saturated rings. The summed E-state index contributed by atoms with van der Waals surface area (Å²) >= 11 is 0. The number of piperidine rings is 1. The highest BCUT2D eigenvalue weighted by Crippen LogP contribution is 2.22. The first kappa shape index (κ1) is 19.1. The molecular weight excluding hydrogens is 294 g/mol. The minimum absolute atomic E-state index is 0.0535. The Balaban J connectivity index is 0.00000127. The van der Waals surface area contributed by atoms with E-state index in [9.17, 15) is 9.59 Å². The smallest absolute Gasteiger partial charge is 0.410 e. The molecule has 0 bridgehead atoms. The van der Waals surface area contributed by atoms with E-state index < -0.39 is 5.60 Å². The summed E-state index contributed by atoms with van der Waals surface area (Å²) in [6.07, 6.45) is 3.08. The molecule has 1 amide bonds. The Morgan fingerprint density at radius 3 is 2.61 bits per heavy atom. The molecule has 1 aromatic heterocycles. The number of nitrogen functional groups attached to an aromatic ring is 1. The van der Waals surface area contributed by atoms with Gasteiger partial charge in [0.05, 0.1) is 11.7 Å². The number of hydrogen-bond acceptors (Lipinski definition) is 4. The van der Waals surface area contributed by atoms with Crippen molar-refractivity contribution >= 4 is 11.8 Å².